The molecule has 0 aromatic heterocycles. The van der Waals surface area contributed by atoms with Crippen molar-refractivity contribution in [1.29, 1.82) is 0 Å². The van der Waals surface area contributed by atoms with Crippen molar-refractivity contribution in [2.45, 2.75) is 6.92 Å². The number of hydrogen-bond acceptors (Lipinski definition) is 4. The van der Waals surface area contributed by atoms with Gasteiger partial charge in [-0.15, -0.1) is 0 Å². The van der Waals surface area contributed by atoms with Crippen molar-refractivity contribution in [3.8, 4) is 0 Å². The third-order valence-electron chi connectivity index (χ3n) is 3.01. The predicted molar refractivity (Wildman–Crippen MR) is 85.7 cm³/mol. The summed E-state index contributed by atoms with van der Waals surface area (Å²) >= 11 is 0. The highest BCUT2D eigenvalue weighted by Crippen LogP contribution is 2.19. The highest BCUT2D eigenvalue weighted by atomic mass is 16.6. The van der Waals surface area contributed by atoms with E-state index in [9.17, 15) is 19.7 Å². The average Bonchev–Trinajstić information content (AvgIpc) is 2.54. The lowest BCUT2D eigenvalue weighted by molar-refractivity contribution is -0.384. The summed E-state index contributed by atoms with van der Waals surface area (Å²) in [7, 11) is 0. The molecule has 0 atom stereocenters. The number of carbonyl (C=O) groups is 2. The van der Waals surface area contributed by atoms with Crippen LogP contribution in [0.3, 0.4) is 0 Å². The van der Waals surface area contributed by atoms with Gasteiger partial charge in [0.1, 0.15) is 0 Å². The Hall–Kier alpha value is -3.28. The van der Waals surface area contributed by atoms with Gasteiger partial charge in [0.25, 0.3) is 5.69 Å². The van der Waals surface area contributed by atoms with Crippen LogP contribution >= 0.6 is 0 Å². The van der Waals surface area contributed by atoms with E-state index in [1.54, 1.807) is 36.4 Å². The molecule has 0 heterocycles. The average molecular weight is 310 g/mol. The van der Waals surface area contributed by atoms with E-state index < -0.39 is 4.92 Å². The number of hydrogen-bond donors (Lipinski definition) is 1. The third-order valence-corrected chi connectivity index (χ3v) is 3.01. The summed E-state index contributed by atoms with van der Waals surface area (Å²) in [5.74, 6) is -0.676. The summed E-state index contributed by atoms with van der Waals surface area (Å²) in [5.41, 5.74) is 0.945. The summed E-state index contributed by atoms with van der Waals surface area (Å²) in [6, 6.07) is 14.3. The zero-order chi connectivity index (χ0) is 16.8. The van der Waals surface area contributed by atoms with E-state index in [1.807, 2.05) is 0 Å². The van der Waals surface area contributed by atoms with Crippen LogP contribution in [0.1, 0.15) is 22.8 Å². The fraction of sp³-hybridized carbons (Fsp3) is 0.0588. The Balaban J connectivity index is 2.43. The smallest absolute Gasteiger partial charge is 0.270 e. The maximum absolute atomic E-state index is 12.3. The lowest BCUT2D eigenvalue weighted by Gasteiger charge is -2.08. The SMILES string of the molecule is CC(=O)N/C(=C\C(=O)c1ccccc1)c1cccc([N+](=O)[O-])c1. The van der Waals surface area contributed by atoms with Crippen LogP contribution < -0.4 is 5.32 Å². The fourth-order valence-corrected chi connectivity index (χ4v) is 1.99. The van der Waals surface area contributed by atoms with Crippen molar-refractivity contribution >= 4 is 23.1 Å². The molecule has 0 saturated carbocycles. The number of benzene rings is 2. The van der Waals surface area contributed by atoms with Crippen LogP contribution in [0.4, 0.5) is 5.69 Å². The minimum atomic E-state index is -0.534. The largest absolute Gasteiger partial charge is 0.326 e. The van der Waals surface area contributed by atoms with Crippen LogP contribution in [0.2, 0.25) is 0 Å². The van der Waals surface area contributed by atoms with Gasteiger partial charge in [-0.2, -0.15) is 0 Å². The van der Waals surface area contributed by atoms with E-state index in [0.717, 1.165) is 0 Å². The molecule has 0 saturated heterocycles. The number of nitrogens with zero attached hydrogens (tertiary/aromatic N) is 1. The minimum absolute atomic E-state index is 0.120. The first-order valence-corrected chi connectivity index (χ1v) is 6.81. The Kier molecular flexibility index (Phi) is 4.99. The molecule has 0 bridgehead atoms. The number of non-ortho nitro benzene ring substituents is 1. The number of rotatable bonds is 5. The quantitative estimate of drug-likeness (QED) is 0.398. The molecule has 2 aromatic rings. The molecule has 2 aromatic carbocycles. The second kappa shape index (κ2) is 7.13. The van der Waals surface area contributed by atoms with Crippen molar-refractivity contribution in [1.82, 2.24) is 5.32 Å². The zero-order valence-electron chi connectivity index (χ0n) is 12.4. The number of nitro groups is 1. The normalized spacial score (nSPS) is 10.9. The van der Waals surface area contributed by atoms with E-state index in [2.05, 4.69) is 5.32 Å². The van der Waals surface area contributed by atoms with Crippen LogP contribution in [0.5, 0.6) is 0 Å². The number of ketones is 1. The second-order valence-electron chi connectivity index (χ2n) is 4.78. The standard InChI is InChI=1S/C17H14N2O4/c1-12(20)18-16(11-17(21)13-6-3-2-4-7-13)14-8-5-9-15(10-14)19(22)23/h2-11H,1H3,(H,18,20)/b16-11-. The topological polar surface area (TPSA) is 89.3 Å². The van der Waals surface area contributed by atoms with Gasteiger partial charge in [-0.05, 0) is 0 Å². The zero-order valence-corrected chi connectivity index (χ0v) is 12.4. The maximum Gasteiger partial charge on any atom is 0.270 e. The second-order valence-corrected chi connectivity index (χ2v) is 4.78. The molecule has 0 aliphatic rings. The van der Waals surface area contributed by atoms with Crippen LogP contribution in [-0.4, -0.2) is 16.6 Å². The summed E-state index contributed by atoms with van der Waals surface area (Å²) in [4.78, 5) is 34.0. The van der Waals surface area contributed by atoms with Crippen LogP contribution in [0.25, 0.3) is 5.70 Å². The molecule has 0 aliphatic heterocycles. The van der Waals surface area contributed by atoms with E-state index in [1.165, 1.54) is 31.2 Å². The van der Waals surface area contributed by atoms with Gasteiger partial charge in [-0.3, -0.25) is 19.7 Å². The summed E-state index contributed by atoms with van der Waals surface area (Å²) < 4.78 is 0. The molecule has 0 fully saturated rings. The van der Waals surface area contributed by atoms with Crippen molar-refractivity contribution in [2.24, 2.45) is 0 Å². The summed E-state index contributed by atoms with van der Waals surface area (Å²) in [6.45, 7) is 1.30. The molecule has 6 heteroatoms. The highest BCUT2D eigenvalue weighted by Gasteiger charge is 2.12. The van der Waals surface area contributed by atoms with Gasteiger partial charge in [0.05, 0.1) is 10.6 Å². The van der Waals surface area contributed by atoms with Crippen molar-refractivity contribution in [2.75, 3.05) is 0 Å². The molecule has 0 aliphatic carbocycles. The molecule has 0 spiro atoms. The van der Waals surface area contributed by atoms with Gasteiger partial charge in [0.15, 0.2) is 5.78 Å². The molecule has 2 rings (SSSR count). The van der Waals surface area contributed by atoms with Crippen molar-refractivity contribution in [3.63, 3.8) is 0 Å². The molecular formula is C17H14N2O4. The molecule has 0 radical (unpaired) electrons. The number of nitro benzene ring substituents is 1. The molecule has 1 amide bonds. The number of carbonyl (C=O) groups excluding carboxylic acids is 2. The number of allylic oxidation sites excluding steroid dienone is 1. The van der Waals surface area contributed by atoms with E-state index in [4.69, 9.17) is 0 Å². The molecule has 0 unspecified atom stereocenters. The van der Waals surface area contributed by atoms with Gasteiger partial charge in [0.2, 0.25) is 5.91 Å². The van der Waals surface area contributed by atoms with Gasteiger partial charge in [0, 0.05) is 36.3 Å². The fourth-order valence-electron chi connectivity index (χ4n) is 1.99. The molecule has 1 N–H and O–H groups in total. The van der Waals surface area contributed by atoms with E-state index in [-0.39, 0.29) is 23.1 Å². The van der Waals surface area contributed by atoms with Crippen molar-refractivity contribution < 1.29 is 14.5 Å². The summed E-state index contributed by atoms with van der Waals surface area (Å²) in [6.07, 6.45) is 1.26. The van der Waals surface area contributed by atoms with E-state index in [0.29, 0.717) is 11.1 Å². The van der Waals surface area contributed by atoms with Gasteiger partial charge in [-0.1, -0.05) is 42.5 Å². The van der Waals surface area contributed by atoms with Crippen LogP contribution in [0, 0.1) is 10.1 Å². The number of amides is 1. The molecule has 23 heavy (non-hydrogen) atoms. The Morgan fingerprint density at radius 1 is 1.04 bits per heavy atom. The molecular weight excluding hydrogens is 296 g/mol. The molecule has 116 valence electrons. The predicted octanol–water partition coefficient (Wildman–Crippen LogP) is 2.95. The van der Waals surface area contributed by atoms with Gasteiger partial charge < -0.3 is 5.32 Å². The molecule has 6 nitrogen and oxygen atoms in total. The van der Waals surface area contributed by atoms with E-state index >= 15 is 0 Å². The Labute approximate surface area is 132 Å². The monoisotopic (exact) mass is 310 g/mol. The van der Waals surface area contributed by atoms with Crippen LogP contribution in [-0.2, 0) is 4.79 Å². The maximum atomic E-state index is 12.3. The van der Waals surface area contributed by atoms with Crippen molar-refractivity contribution in [3.05, 3.63) is 81.9 Å². The summed E-state index contributed by atoms with van der Waals surface area (Å²) in [5, 5.41) is 13.4. The lowest BCUT2D eigenvalue weighted by atomic mass is 10.1. The Morgan fingerprint density at radius 3 is 2.30 bits per heavy atom. The minimum Gasteiger partial charge on any atom is -0.326 e. The van der Waals surface area contributed by atoms with Gasteiger partial charge >= 0.3 is 0 Å². The lowest BCUT2D eigenvalue weighted by Crippen LogP contribution is -2.19. The highest BCUT2D eigenvalue weighted by molar-refractivity contribution is 6.09. The third kappa shape index (κ3) is 4.34. The first kappa shape index (κ1) is 16.1. The first-order valence-electron chi connectivity index (χ1n) is 6.81. The first-order chi connectivity index (χ1) is 11.0. The van der Waals surface area contributed by atoms with Gasteiger partial charge in [-0.25, -0.2) is 0 Å². The Morgan fingerprint density at radius 2 is 1.70 bits per heavy atom. The Bertz CT molecular complexity index is 782. The van der Waals surface area contributed by atoms with Crippen LogP contribution in [0.15, 0.2) is 60.7 Å². The number of nitrogens with one attached hydrogen (secondary N) is 1.